The molecule has 0 aromatic carbocycles. The second-order valence-electron chi connectivity index (χ2n) is 4.10. The zero-order valence-corrected chi connectivity index (χ0v) is 9.15. The molecule has 0 radical (unpaired) electrons. The smallest absolute Gasteiger partial charge is 0.207 e. The van der Waals surface area contributed by atoms with E-state index < -0.39 is 0 Å². The summed E-state index contributed by atoms with van der Waals surface area (Å²) in [6.45, 7) is 2.84. The Kier molecular flexibility index (Phi) is 5.10. The molecule has 0 aromatic rings. The number of amides is 1. The van der Waals surface area contributed by atoms with Gasteiger partial charge in [-0.25, -0.2) is 0 Å². The quantitative estimate of drug-likeness (QED) is 0.525. The minimum Gasteiger partial charge on any atom is -0.374 e. The van der Waals surface area contributed by atoms with Crippen molar-refractivity contribution in [1.82, 2.24) is 10.6 Å². The van der Waals surface area contributed by atoms with E-state index in [1.54, 1.807) is 6.34 Å². The number of carbonyl (C=O) groups is 1. The van der Waals surface area contributed by atoms with Gasteiger partial charge in [0, 0.05) is 24.7 Å². The van der Waals surface area contributed by atoms with Gasteiger partial charge < -0.3 is 16.4 Å². The number of hydrogen-bond donors (Lipinski definition) is 3. The number of hydrogen-bond acceptors (Lipinski definition) is 4. The zero-order valence-electron chi connectivity index (χ0n) is 9.15. The molecule has 5 nitrogen and oxygen atoms in total. The highest BCUT2D eigenvalue weighted by Gasteiger charge is 2.15. The molecule has 3 unspecified atom stereocenters. The third kappa shape index (κ3) is 4.78. The van der Waals surface area contributed by atoms with E-state index in [-0.39, 0.29) is 12.1 Å². The van der Waals surface area contributed by atoms with Crippen LogP contribution >= 0.6 is 0 Å². The molecule has 0 spiro atoms. The van der Waals surface area contributed by atoms with E-state index in [4.69, 9.17) is 5.73 Å². The van der Waals surface area contributed by atoms with E-state index in [0.29, 0.717) is 6.04 Å². The minimum absolute atomic E-state index is 0.122. The first-order valence-electron chi connectivity index (χ1n) is 5.42. The number of nitrogens with one attached hydrogen (secondary N) is 2. The van der Waals surface area contributed by atoms with Crippen molar-refractivity contribution in [2.45, 2.75) is 44.3 Å². The van der Waals surface area contributed by atoms with Crippen molar-refractivity contribution >= 4 is 12.7 Å². The minimum atomic E-state index is 0.122. The maximum absolute atomic E-state index is 10.2. The molecule has 0 saturated carbocycles. The monoisotopic (exact) mass is 212 g/mol. The zero-order chi connectivity index (χ0) is 11.1. The summed E-state index contributed by atoms with van der Waals surface area (Å²) in [4.78, 5) is 14.3. The molecule has 0 fully saturated rings. The highest BCUT2D eigenvalue weighted by atomic mass is 16.1. The molecule has 1 aliphatic rings. The van der Waals surface area contributed by atoms with Crippen LogP contribution in [0.5, 0.6) is 0 Å². The van der Waals surface area contributed by atoms with Gasteiger partial charge in [0.15, 0.2) is 0 Å². The van der Waals surface area contributed by atoms with Crippen LogP contribution in [-0.2, 0) is 4.79 Å². The second kappa shape index (κ2) is 6.40. The summed E-state index contributed by atoms with van der Waals surface area (Å²) in [6.07, 6.45) is 5.27. The molecule has 15 heavy (non-hydrogen) atoms. The lowest BCUT2D eigenvalue weighted by Crippen LogP contribution is -2.40. The van der Waals surface area contributed by atoms with Gasteiger partial charge in [0.25, 0.3) is 0 Å². The van der Waals surface area contributed by atoms with Crippen LogP contribution in [0, 0.1) is 0 Å². The molecule has 5 heteroatoms. The van der Waals surface area contributed by atoms with E-state index in [0.717, 1.165) is 32.2 Å². The third-order valence-electron chi connectivity index (χ3n) is 2.60. The summed E-state index contributed by atoms with van der Waals surface area (Å²) < 4.78 is 0. The van der Waals surface area contributed by atoms with Gasteiger partial charge in [-0.1, -0.05) is 0 Å². The molecule has 1 amide bonds. The van der Waals surface area contributed by atoms with E-state index in [1.165, 1.54) is 0 Å². The molecule has 0 aliphatic carbocycles. The fraction of sp³-hybridized carbons (Fsp3) is 0.800. The first-order valence-corrected chi connectivity index (χ1v) is 5.42. The summed E-state index contributed by atoms with van der Waals surface area (Å²) in [7, 11) is 0. The SMILES string of the molecule is CC(CC(N)CC1CCN=CN1)NC=O. The summed E-state index contributed by atoms with van der Waals surface area (Å²) in [5.74, 6) is 0. The molecule has 4 N–H and O–H groups in total. The number of nitrogens with zero attached hydrogens (tertiary/aromatic N) is 1. The molecule has 86 valence electrons. The molecule has 3 atom stereocenters. The average Bonchev–Trinajstić information content (AvgIpc) is 2.19. The Morgan fingerprint density at radius 2 is 2.60 bits per heavy atom. The second-order valence-corrected chi connectivity index (χ2v) is 4.10. The fourth-order valence-electron chi connectivity index (χ4n) is 1.82. The Hall–Kier alpha value is -1.10. The van der Waals surface area contributed by atoms with Crippen molar-refractivity contribution in [3.63, 3.8) is 0 Å². The highest BCUT2D eigenvalue weighted by Crippen LogP contribution is 2.07. The molecule has 1 rings (SSSR count). The maximum Gasteiger partial charge on any atom is 0.207 e. The van der Waals surface area contributed by atoms with E-state index >= 15 is 0 Å². The Bertz CT molecular complexity index is 219. The van der Waals surface area contributed by atoms with Crippen LogP contribution in [0.25, 0.3) is 0 Å². The Morgan fingerprint density at radius 3 is 3.20 bits per heavy atom. The first kappa shape index (κ1) is 12.0. The fourth-order valence-corrected chi connectivity index (χ4v) is 1.82. The van der Waals surface area contributed by atoms with Gasteiger partial charge in [-0.3, -0.25) is 9.79 Å². The summed E-state index contributed by atoms with van der Waals surface area (Å²) >= 11 is 0. The van der Waals surface area contributed by atoms with Crippen molar-refractivity contribution in [2.75, 3.05) is 6.54 Å². The molecule has 0 aromatic heterocycles. The highest BCUT2D eigenvalue weighted by molar-refractivity contribution is 5.55. The van der Waals surface area contributed by atoms with E-state index in [1.807, 2.05) is 6.92 Å². The van der Waals surface area contributed by atoms with Crippen molar-refractivity contribution < 1.29 is 4.79 Å². The van der Waals surface area contributed by atoms with Crippen molar-refractivity contribution in [3.8, 4) is 0 Å². The lowest BCUT2D eigenvalue weighted by molar-refractivity contribution is -0.110. The first-order chi connectivity index (χ1) is 7.22. The molecule has 0 saturated heterocycles. The Labute approximate surface area is 90.5 Å². The number of nitrogens with two attached hydrogens (primary N) is 1. The van der Waals surface area contributed by atoms with Gasteiger partial charge in [0.2, 0.25) is 6.41 Å². The van der Waals surface area contributed by atoms with Gasteiger partial charge in [-0.05, 0) is 26.2 Å². The van der Waals surface area contributed by atoms with Crippen LogP contribution in [0.15, 0.2) is 4.99 Å². The van der Waals surface area contributed by atoms with Crippen molar-refractivity contribution in [2.24, 2.45) is 10.7 Å². The van der Waals surface area contributed by atoms with E-state index in [2.05, 4.69) is 15.6 Å². The molecular weight excluding hydrogens is 192 g/mol. The lowest BCUT2D eigenvalue weighted by atomic mass is 9.99. The van der Waals surface area contributed by atoms with Crippen LogP contribution in [0.4, 0.5) is 0 Å². The van der Waals surface area contributed by atoms with Gasteiger partial charge in [0.1, 0.15) is 0 Å². The van der Waals surface area contributed by atoms with Gasteiger partial charge in [0.05, 0.1) is 6.34 Å². The topological polar surface area (TPSA) is 79.5 Å². The molecule has 1 heterocycles. The lowest BCUT2D eigenvalue weighted by Gasteiger charge is -2.24. The summed E-state index contributed by atoms with van der Waals surface area (Å²) in [5, 5.41) is 5.90. The van der Waals surface area contributed by atoms with Crippen LogP contribution in [0.2, 0.25) is 0 Å². The van der Waals surface area contributed by atoms with Crippen LogP contribution in [0.1, 0.15) is 26.2 Å². The Morgan fingerprint density at radius 1 is 1.80 bits per heavy atom. The number of rotatable bonds is 6. The summed E-state index contributed by atoms with van der Waals surface area (Å²) in [5.41, 5.74) is 6.00. The molecular formula is C10H20N4O. The number of carbonyl (C=O) groups excluding carboxylic acids is 1. The molecule has 0 bridgehead atoms. The van der Waals surface area contributed by atoms with Gasteiger partial charge in [-0.15, -0.1) is 0 Å². The van der Waals surface area contributed by atoms with Crippen molar-refractivity contribution in [1.29, 1.82) is 0 Å². The predicted octanol–water partition coefficient (Wildman–Crippen LogP) is -0.381. The van der Waals surface area contributed by atoms with Crippen LogP contribution in [-0.4, -0.2) is 37.4 Å². The predicted molar refractivity (Wildman–Crippen MR) is 60.8 cm³/mol. The third-order valence-corrected chi connectivity index (χ3v) is 2.60. The van der Waals surface area contributed by atoms with Crippen LogP contribution < -0.4 is 16.4 Å². The van der Waals surface area contributed by atoms with Gasteiger partial charge >= 0.3 is 0 Å². The van der Waals surface area contributed by atoms with E-state index in [9.17, 15) is 4.79 Å². The van der Waals surface area contributed by atoms with Gasteiger partial charge in [-0.2, -0.15) is 0 Å². The Balaban J connectivity index is 2.19. The largest absolute Gasteiger partial charge is 0.374 e. The summed E-state index contributed by atoms with van der Waals surface area (Å²) in [6, 6.07) is 0.701. The average molecular weight is 212 g/mol. The number of aliphatic imine (C=N–C) groups is 1. The van der Waals surface area contributed by atoms with Crippen molar-refractivity contribution in [3.05, 3.63) is 0 Å². The standard InChI is InChI=1S/C10H20N4O/c1-8(14-7-15)4-9(11)5-10-2-3-12-6-13-10/h6-10H,2-5,11H2,1H3,(H,12,13)(H,14,15). The maximum atomic E-state index is 10.2. The normalized spacial score (nSPS) is 24.0. The molecule has 1 aliphatic heterocycles. The van der Waals surface area contributed by atoms with Crippen LogP contribution in [0.3, 0.4) is 0 Å².